The van der Waals surface area contributed by atoms with E-state index in [0.717, 1.165) is 0 Å². The summed E-state index contributed by atoms with van der Waals surface area (Å²) in [5.41, 5.74) is 0. The van der Waals surface area contributed by atoms with Crippen molar-refractivity contribution >= 4 is 0 Å². The van der Waals surface area contributed by atoms with Gasteiger partial charge in [-0.05, 0) is 0 Å². The van der Waals surface area contributed by atoms with Gasteiger partial charge in [0.05, 0.1) is 0 Å². The molecule has 0 bridgehead atoms. The van der Waals surface area contributed by atoms with Gasteiger partial charge in [-0.15, -0.1) is 6.61 Å². The van der Waals surface area contributed by atoms with Crippen LogP contribution in [0.1, 0.15) is 13.8 Å². The van der Waals surface area contributed by atoms with E-state index in [4.69, 9.17) is 0 Å². The van der Waals surface area contributed by atoms with Crippen LogP contribution in [0.5, 0.6) is 0 Å². The predicted molar refractivity (Wildman–Crippen MR) is 19.7 cm³/mol. The minimum absolute atomic E-state index is 0. The van der Waals surface area contributed by atoms with Crippen LogP contribution in [0, 0.1) is 5.92 Å². The van der Waals surface area contributed by atoms with Crippen molar-refractivity contribution in [3.63, 3.8) is 0 Å². The third-order valence-corrected chi connectivity index (χ3v) is 0.333. The SMILES string of the molecule is CC(C)C[O-].[Na+]. The molecule has 0 radical (unpaired) electrons. The average Bonchev–Trinajstić information content (AvgIpc) is 1.38. The van der Waals surface area contributed by atoms with Gasteiger partial charge < -0.3 is 5.11 Å². The molecule has 0 atom stereocenters. The zero-order chi connectivity index (χ0) is 4.28. The van der Waals surface area contributed by atoms with E-state index in [1.54, 1.807) is 0 Å². The Morgan fingerprint density at radius 2 is 1.67 bits per heavy atom. The van der Waals surface area contributed by atoms with E-state index in [1.807, 2.05) is 13.8 Å². The van der Waals surface area contributed by atoms with Crippen molar-refractivity contribution in [2.75, 3.05) is 6.61 Å². The third-order valence-electron chi connectivity index (χ3n) is 0.333. The van der Waals surface area contributed by atoms with Gasteiger partial charge in [-0.2, -0.15) is 0 Å². The smallest absolute Gasteiger partial charge is 0.854 e. The normalized spacial score (nSPS) is 8.00. The summed E-state index contributed by atoms with van der Waals surface area (Å²) >= 11 is 0. The summed E-state index contributed by atoms with van der Waals surface area (Å²) in [5, 5.41) is 9.63. The maximum Gasteiger partial charge on any atom is 1.00 e. The molecule has 0 saturated carbocycles. The second-order valence-electron chi connectivity index (χ2n) is 1.56. The molecule has 0 amide bonds. The molecule has 0 fully saturated rings. The Hall–Kier alpha value is 0.960. The van der Waals surface area contributed by atoms with E-state index in [0.29, 0.717) is 5.92 Å². The fourth-order valence-corrected chi connectivity index (χ4v) is 0. The standard InChI is InChI=1S/C4H9O.Na/c1-4(2)3-5;/h4H,3H2,1-2H3;/q-1;+1. The minimum Gasteiger partial charge on any atom is -0.854 e. The maximum atomic E-state index is 9.63. The van der Waals surface area contributed by atoms with E-state index in [1.165, 1.54) is 0 Å². The van der Waals surface area contributed by atoms with Gasteiger partial charge in [0.2, 0.25) is 0 Å². The molecule has 0 saturated heterocycles. The van der Waals surface area contributed by atoms with E-state index in [2.05, 4.69) is 0 Å². The Morgan fingerprint density at radius 3 is 1.67 bits per heavy atom. The van der Waals surface area contributed by atoms with E-state index < -0.39 is 0 Å². The molecule has 1 nitrogen and oxygen atoms in total. The fraction of sp³-hybridized carbons (Fsp3) is 1.00. The van der Waals surface area contributed by atoms with Crippen LogP contribution in [-0.2, 0) is 0 Å². The first kappa shape index (κ1) is 10.0. The zero-order valence-corrected chi connectivity index (χ0v) is 6.69. The molecule has 0 rings (SSSR count). The van der Waals surface area contributed by atoms with Gasteiger partial charge in [-0.25, -0.2) is 0 Å². The largest absolute Gasteiger partial charge is 1.00 e. The topological polar surface area (TPSA) is 23.1 Å². The van der Waals surface area contributed by atoms with Gasteiger partial charge in [0.25, 0.3) is 0 Å². The minimum atomic E-state index is 0. The third kappa shape index (κ3) is 8.88. The molecule has 0 unspecified atom stereocenters. The first-order valence-electron chi connectivity index (χ1n) is 1.85. The van der Waals surface area contributed by atoms with Crippen LogP contribution >= 0.6 is 0 Å². The molecule has 0 aliphatic carbocycles. The van der Waals surface area contributed by atoms with Crippen LogP contribution in [0.4, 0.5) is 0 Å². The van der Waals surface area contributed by atoms with Gasteiger partial charge in [0, 0.05) is 0 Å². The Kier molecular flexibility index (Phi) is 9.98. The molecular weight excluding hydrogens is 87.0 g/mol. The molecule has 0 aromatic carbocycles. The van der Waals surface area contributed by atoms with Crippen molar-refractivity contribution < 1.29 is 34.7 Å². The Balaban J connectivity index is 0. The summed E-state index contributed by atoms with van der Waals surface area (Å²) in [6, 6.07) is 0. The van der Waals surface area contributed by atoms with Crippen LogP contribution in [0.2, 0.25) is 0 Å². The molecule has 6 heavy (non-hydrogen) atoms. The summed E-state index contributed by atoms with van der Waals surface area (Å²) in [4.78, 5) is 0. The first-order valence-corrected chi connectivity index (χ1v) is 1.85. The molecule has 0 heterocycles. The molecule has 0 spiro atoms. The Labute approximate surface area is 61.0 Å². The van der Waals surface area contributed by atoms with Crippen LogP contribution in [-0.4, -0.2) is 6.61 Å². The van der Waals surface area contributed by atoms with Crippen molar-refractivity contribution in [3.05, 3.63) is 0 Å². The Morgan fingerprint density at radius 1 is 1.50 bits per heavy atom. The fourth-order valence-electron chi connectivity index (χ4n) is 0. The second kappa shape index (κ2) is 5.96. The molecule has 32 valence electrons. The molecule has 2 heteroatoms. The zero-order valence-electron chi connectivity index (χ0n) is 4.69. The average molecular weight is 96.1 g/mol. The van der Waals surface area contributed by atoms with Crippen LogP contribution in [0.15, 0.2) is 0 Å². The van der Waals surface area contributed by atoms with Gasteiger partial charge in [-0.1, -0.05) is 19.8 Å². The van der Waals surface area contributed by atoms with Crippen LogP contribution < -0.4 is 34.7 Å². The van der Waals surface area contributed by atoms with Gasteiger partial charge in [0.1, 0.15) is 0 Å². The number of hydrogen-bond donors (Lipinski definition) is 0. The number of hydrogen-bond acceptors (Lipinski definition) is 1. The summed E-state index contributed by atoms with van der Waals surface area (Å²) < 4.78 is 0. The monoisotopic (exact) mass is 96.1 g/mol. The van der Waals surface area contributed by atoms with Crippen LogP contribution in [0.3, 0.4) is 0 Å². The quantitative estimate of drug-likeness (QED) is 0.319. The molecule has 0 N–H and O–H groups in total. The van der Waals surface area contributed by atoms with Gasteiger partial charge >= 0.3 is 29.6 Å². The van der Waals surface area contributed by atoms with Crippen molar-refractivity contribution in [2.24, 2.45) is 5.92 Å². The van der Waals surface area contributed by atoms with E-state index in [-0.39, 0.29) is 36.2 Å². The van der Waals surface area contributed by atoms with E-state index in [9.17, 15) is 5.11 Å². The van der Waals surface area contributed by atoms with Crippen molar-refractivity contribution in [1.29, 1.82) is 0 Å². The van der Waals surface area contributed by atoms with Gasteiger partial charge in [-0.3, -0.25) is 0 Å². The summed E-state index contributed by atoms with van der Waals surface area (Å²) in [6.07, 6.45) is 0. The van der Waals surface area contributed by atoms with Crippen LogP contribution in [0.25, 0.3) is 0 Å². The summed E-state index contributed by atoms with van der Waals surface area (Å²) in [6.45, 7) is 3.88. The Bertz CT molecular complexity index is 21.5. The van der Waals surface area contributed by atoms with Crippen molar-refractivity contribution in [1.82, 2.24) is 0 Å². The van der Waals surface area contributed by atoms with Crippen molar-refractivity contribution in [3.8, 4) is 0 Å². The first-order chi connectivity index (χ1) is 2.27. The molecule has 0 aliphatic rings. The van der Waals surface area contributed by atoms with Gasteiger partial charge in [0.15, 0.2) is 0 Å². The predicted octanol–water partition coefficient (Wildman–Crippen LogP) is -2.99. The molecule has 0 aliphatic heterocycles. The van der Waals surface area contributed by atoms with Crippen molar-refractivity contribution in [2.45, 2.75) is 13.8 Å². The summed E-state index contributed by atoms with van der Waals surface area (Å²) in [5.74, 6) is 0.329. The molecular formula is C4H9NaO. The molecule has 0 aromatic rings. The van der Waals surface area contributed by atoms with E-state index >= 15 is 0 Å². The number of rotatable bonds is 1. The summed E-state index contributed by atoms with van der Waals surface area (Å²) in [7, 11) is 0. The maximum absolute atomic E-state index is 9.63. The second-order valence-corrected chi connectivity index (χ2v) is 1.56. The molecule has 0 aromatic heterocycles.